The predicted molar refractivity (Wildman–Crippen MR) is 101 cm³/mol. The van der Waals surface area contributed by atoms with E-state index >= 15 is 0 Å². The van der Waals surface area contributed by atoms with Crippen molar-refractivity contribution < 1.29 is 4.79 Å². The highest BCUT2D eigenvalue weighted by molar-refractivity contribution is 7.14. The van der Waals surface area contributed by atoms with Crippen LogP contribution in [0, 0.1) is 6.92 Å². The van der Waals surface area contributed by atoms with E-state index in [1.807, 2.05) is 12.1 Å². The third-order valence-corrected chi connectivity index (χ3v) is 5.87. The van der Waals surface area contributed by atoms with Gasteiger partial charge in [0, 0.05) is 56.5 Å². The summed E-state index contributed by atoms with van der Waals surface area (Å²) in [5, 5.41) is 3.05. The molecule has 0 saturated carbocycles. The van der Waals surface area contributed by atoms with Crippen LogP contribution in [0.5, 0.6) is 0 Å². The van der Waals surface area contributed by atoms with E-state index in [1.165, 1.54) is 10.4 Å². The number of carbonyl (C=O) groups excluding carboxylic acids is 1. The van der Waals surface area contributed by atoms with Gasteiger partial charge in [-0.15, -0.1) is 11.3 Å². The van der Waals surface area contributed by atoms with Gasteiger partial charge in [-0.05, 0) is 31.0 Å². The van der Waals surface area contributed by atoms with Crippen molar-refractivity contribution >= 4 is 23.2 Å². The van der Waals surface area contributed by atoms with Crippen LogP contribution in [0.2, 0.25) is 0 Å². The summed E-state index contributed by atoms with van der Waals surface area (Å²) >= 11 is 1.61. The minimum atomic E-state index is 0.0455. The molecule has 0 unspecified atom stereocenters. The minimum Gasteiger partial charge on any atom is -0.350 e. The first-order chi connectivity index (χ1) is 12.2. The lowest BCUT2D eigenvalue weighted by Crippen LogP contribution is -2.48. The molecule has 6 nitrogen and oxygen atoms in total. The van der Waals surface area contributed by atoms with E-state index in [2.05, 4.69) is 38.9 Å². The summed E-state index contributed by atoms with van der Waals surface area (Å²) in [6, 6.07) is 3.83. The molecule has 0 aliphatic carbocycles. The first-order valence-electron chi connectivity index (χ1n) is 8.79. The van der Waals surface area contributed by atoms with Gasteiger partial charge in [-0.3, -0.25) is 9.69 Å². The molecule has 0 radical (unpaired) electrons. The average molecular weight is 359 g/mol. The van der Waals surface area contributed by atoms with E-state index in [-0.39, 0.29) is 5.91 Å². The van der Waals surface area contributed by atoms with Gasteiger partial charge >= 0.3 is 0 Å². The number of thiophene rings is 1. The maximum atomic E-state index is 12.3. The fourth-order valence-corrected chi connectivity index (χ4v) is 4.05. The third kappa shape index (κ3) is 4.55. The molecule has 7 heteroatoms. The van der Waals surface area contributed by atoms with Crippen molar-refractivity contribution in [2.75, 3.05) is 44.2 Å². The van der Waals surface area contributed by atoms with Crippen LogP contribution in [0.3, 0.4) is 0 Å². The van der Waals surface area contributed by atoms with Gasteiger partial charge in [0.2, 0.25) is 5.95 Å². The van der Waals surface area contributed by atoms with Gasteiger partial charge in [0.25, 0.3) is 5.91 Å². The van der Waals surface area contributed by atoms with Crippen molar-refractivity contribution in [3.8, 4) is 0 Å². The number of piperazine rings is 1. The predicted octanol–water partition coefficient (Wildman–Crippen LogP) is 1.96. The van der Waals surface area contributed by atoms with Crippen LogP contribution in [0.15, 0.2) is 24.5 Å². The van der Waals surface area contributed by atoms with E-state index in [0.29, 0.717) is 6.54 Å². The van der Waals surface area contributed by atoms with Gasteiger partial charge in [0.05, 0.1) is 4.88 Å². The number of rotatable bonds is 6. The Balaban J connectivity index is 1.40. The summed E-state index contributed by atoms with van der Waals surface area (Å²) in [6.45, 7) is 9.52. The van der Waals surface area contributed by atoms with Gasteiger partial charge in [0.1, 0.15) is 0 Å². The molecule has 1 amide bonds. The maximum absolute atomic E-state index is 12.3. The van der Waals surface area contributed by atoms with Crippen molar-refractivity contribution in [3.63, 3.8) is 0 Å². The third-order valence-electron chi connectivity index (χ3n) is 4.49. The smallest absolute Gasteiger partial charge is 0.261 e. The number of aromatic nitrogens is 2. The Hall–Kier alpha value is -1.99. The van der Waals surface area contributed by atoms with Crippen LogP contribution in [0.1, 0.15) is 27.0 Å². The first-order valence-corrected chi connectivity index (χ1v) is 9.61. The number of anilines is 1. The van der Waals surface area contributed by atoms with E-state index in [9.17, 15) is 4.79 Å². The SMILES string of the molecule is CCc1sc(C(=O)NCCN2CCN(c3ncccn3)CC2)cc1C. The highest BCUT2D eigenvalue weighted by atomic mass is 32.1. The normalized spacial score (nSPS) is 15.4. The zero-order chi connectivity index (χ0) is 17.6. The number of nitrogens with one attached hydrogen (secondary N) is 1. The number of amides is 1. The van der Waals surface area contributed by atoms with Crippen molar-refractivity contribution in [2.45, 2.75) is 20.3 Å². The second-order valence-corrected chi connectivity index (χ2v) is 7.34. The van der Waals surface area contributed by atoms with Crippen LogP contribution in [0.4, 0.5) is 5.95 Å². The topological polar surface area (TPSA) is 61.4 Å². The lowest BCUT2D eigenvalue weighted by molar-refractivity contribution is 0.0952. The van der Waals surface area contributed by atoms with Crippen molar-refractivity contribution in [1.82, 2.24) is 20.2 Å². The second kappa shape index (κ2) is 8.40. The molecule has 0 bridgehead atoms. The summed E-state index contributed by atoms with van der Waals surface area (Å²) in [6.07, 6.45) is 4.54. The Bertz CT molecular complexity index is 695. The van der Waals surface area contributed by atoms with Crippen LogP contribution in [0.25, 0.3) is 0 Å². The largest absolute Gasteiger partial charge is 0.350 e. The molecule has 1 N–H and O–H groups in total. The zero-order valence-electron chi connectivity index (χ0n) is 14.9. The summed E-state index contributed by atoms with van der Waals surface area (Å²) in [4.78, 5) is 27.6. The summed E-state index contributed by atoms with van der Waals surface area (Å²) in [7, 11) is 0. The van der Waals surface area contributed by atoms with Crippen LogP contribution in [-0.2, 0) is 6.42 Å². The molecule has 1 aliphatic rings. The standard InChI is InChI=1S/C18H25N5OS/c1-3-15-14(2)13-16(25-15)17(24)19-7-8-22-9-11-23(12-10-22)18-20-5-4-6-21-18/h4-6,13H,3,7-12H2,1-2H3,(H,19,24). The molecule has 3 rings (SSSR count). The molecule has 0 atom stereocenters. The van der Waals surface area contributed by atoms with Gasteiger partial charge < -0.3 is 10.2 Å². The molecular formula is C18H25N5OS. The number of hydrogen-bond acceptors (Lipinski definition) is 6. The monoisotopic (exact) mass is 359 g/mol. The Morgan fingerprint density at radius 2 is 1.96 bits per heavy atom. The second-order valence-electron chi connectivity index (χ2n) is 6.20. The van der Waals surface area contributed by atoms with Crippen molar-refractivity contribution in [3.05, 3.63) is 39.8 Å². The molecule has 2 aromatic heterocycles. The van der Waals surface area contributed by atoms with Gasteiger partial charge in [-0.1, -0.05) is 6.92 Å². The molecule has 1 saturated heterocycles. The fraction of sp³-hybridized carbons (Fsp3) is 0.500. The molecule has 1 fully saturated rings. The zero-order valence-corrected chi connectivity index (χ0v) is 15.7. The molecule has 25 heavy (non-hydrogen) atoms. The van der Waals surface area contributed by atoms with E-state index in [4.69, 9.17) is 0 Å². The minimum absolute atomic E-state index is 0.0455. The Morgan fingerprint density at radius 1 is 1.24 bits per heavy atom. The summed E-state index contributed by atoms with van der Waals surface area (Å²) < 4.78 is 0. The molecule has 0 aromatic carbocycles. The molecule has 0 spiro atoms. The Morgan fingerprint density at radius 3 is 2.60 bits per heavy atom. The average Bonchev–Trinajstić information content (AvgIpc) is 3.04. The van der Waals surface area contributed by atoms with Crippen LogP contribution < -0.4 is 10.2 Å². The van der Waals surface area contributed by atoms with Gasteiger partial charge in [-0.25, -0.2) is 9.97 Å². The van der Waals surface area contributed by atoms with Crippen molar-refractivity contribution in [1.29, 1.82) is 0 Å². The summed E-state index contributed by atoms with van der Waals surface area (Å²) in [5.74, 6) is 0.847. The van der Waals surface area contributed by atoms with Gasteiger partial charge in [0.15, 0.2) is 0 Å². The molecule has 3 heterocycles. The molecule has 2 aromatic rings. The number of carbonyl (C=O) groups is 1. The maximum Gasteiger partial charge on any atom is 0.261 e. The quantitative estimate of drug-likeness (QED) is 0.854. The first kappa shape index (κ1) is 17.8. The molecular weight excluding hydrogens is 334 g/mol. The highest BCUT2D eigenvalue weighted by Gasteiger charge is 2.18. The molecule has 1 aliphatic heterocycles. The van der Waals surface area contributed by atoms with Crippen LogP contribution >= 0.6 is 11.3 Å². The van der Waals surface area contributed by atoms with Gasteiger partial charge in [-0.2, -0.15) is 0 Å². The van der Waals surface area contributed by atoms with E-state index in [1.54, 1.807) is 23.7 Å². The lowest BCUT2D eigenvalue weighted by Gasteiger charge is -2.34. The van der Waals surface area contributed by atoms with E-state index in [0.717, 1.165) is 50.0 Å². The fourth-order valence-electron chi connectivity index (χ4n) is 3.02. The molecule has 134 valence electrons. The Kier molecular flexibility index (Phi) is 5.99. The number of hydrogen-bond donors (Lipinski definition) is 1. The summed E-state index contributed by atoms with van der Waals surface area (Å²) in [5.41, 5.74) is 1.22. The number of nitrogens with zero attached hydrogens (tertiary/aromatic N) is 4. The van der Waals surface area contributed by atoms with E-state index < -0.39 is 0 Å². The van der Waals surface area contributed by atoms with Crippen LogP contribution in [-0.4, -0.2) is 60.0 Å². The highest BCUT2D eigenvalue weighted by Crippen LogP contribution is 2.22. The Labute approximate surface area is 152 Å². The lowest BCUT2D eigenvalue weighted by atomic mass is 10.2. The van der Waals surface area contributed by atoms with Crippen molar-refractivity contribution in [2.24, 2.45) is 0 Å². The number of aryl methyl sites for hydroxylation is 2.